The van der Waals surface area contributed by atoms with Gasteiger partial charge >= 0.3 is 0 Å². The molecule has 0 radical (unpaired) electrons. The summed E-state index contributed by atoms with van der Waals surface area (Å²) in [5, 5.41) is 0. The summed E-state index contributed by atoms with van der Waals surface area (Å²) in [6.45, 7) is 4.66. The van der Waals surface area contributed by atoms with Crippen molar-refractivity contribution in [3.63, 3.8) is 0 Å². The Balaban J connectivity index is 1.39. The highest BCUT2D eigenvalue weighted by Gasteiger charge is 2.36. The molecule has 26 heavy (non-hydrogen) atoms. The summed E-state index contributed by atoms with van der Waals surface area (Å²) in [6.07, 6.45) is 5.30. The zero-order chi connectivity index (χ0) is 17.9. The SMILES string of the molecule is CCCC1NNCC1C(=O)N1CCCC(Cc2nc3ccccc3[nH]2)C1. The van der Waals surface area contributed by atoms with Crippen molar-refractivity contribution < 1.29 is 4.79 Å². The van der Waals surface area contributed by atoms with Crippen molar-refractivity contribution in [2.75, 3.05) is 19.6 Å². The number of amides is 1. The number of hydrazine groups is 1. The molecule has 3 heterocycles. The second kappa shape index (κ2) is 7.76. The highest BCUT2D eigenvalue weighted by Crippen LogP contribution is 2.24. The minimum atomic E-state index is 0.0694. The van der Waals surface area contributed by atoms with Gasteiger partial charge in [-0.2, -0.15) is 0 Å². The first-order chi connectivity index (χ1) is 12.7. The fourth-order valence-electron chi connectivity index (χ4n) is 4.43. The summed E-state index contributed by atoms with van der Waals surface area (Å²) in [7, 11) is 0. The molecular formula is C20H29N5O. The van der Waals surface area contributed by atoms with Gasteiger partial charge < -0.3 is 9.88 Å². The second-order valence-corrected chi connectivity index (χ2v) is 7.72. The van der Waals surface area contributed by atoms with Crippen molar-refractivity contribution in [2.45, 2.75) is 45.1 Å². The first kappa shape index (κ1) is 17.5. The number of nitrogens with one attached hydrogen (secondary N) is 3. The number of carbonyl (C=O) groups is 1. The van der Waals surface area contributed by atoms with Crippen LogP contribution in [0.2, 0.25) is 0 Å². The van der Waals surface area contributed by atoms with Crippen LogP contribution in [0.15, 0.2) is 24.3 Å². The topological polar surface area (TPSA) is 73.0 Å². The lowest BCUT2D eigenvalue weighted by atomic mass is 9.91. The van der Waals surface area contributed by atoms with Crippen molar-refractivity contribution in [3.8, 4) is 0 Å². The van der Waals surface area contributed by atoms with E-state index in [2.05, 4.69) is 33.7 Å². The van der Waals surface area contributed by atoms with Gasteiger partial charge in [0.25, 0.3) is 0 Å². The maximum absolute atomic E-state index is 13.0. The molecule has 0 spiro atoms. The largest absolute Gasteiger partial charge is 0.342 e. The van der Waals surface area contributed by atoms with Crippen LogP contribution >= 0.6 is 0 Å². The van der Waals surface area contributed by atoms with Crippen LogP contribution < -0.4 is 10.9 Å². The van der Waals surface area contributed by atoms with Crippen LogP contribution in [0.3, 0.4) is 0 Å². The summed E-state index contributed by atoms with van der Waals surface area (Å²) >= 11 is 0. The molecule has 0 aliphatic carbocycles. The molecule has 3 atom stereocenters. The lowest BCUT2D eigenvalue weighted by Crippen LogP contribution is -2.46. The van der Waals surface area contributed by atoms with E-state index in [4.69, 9.17) is 4.98 Å². The number of aromatic amines is 1. The van der Waals surface area contributed by atoms with E-state index in [0.717, 1.165) is 62.2 Å². The van der Waals surface area contributed by atoms with E-state index in [1.54, 1.807) is 0 Å². The van der Waals surface area contributed by atoms with E-state index in [1.807, 2.05) is 18.2 Å². The van der Waals surface area contributed by atoms with Gasteiger partial charge in [0.1, 0.15) is 5.82 Å². The normalized spacial score (nSPS) is 26.5. The molecular weight excluding hydrogens is 326 g/mol. The summed E-state index contributed by atoms with van der Waals surface area (Å²) in [4.78, 5) is 23.3. The van der Waals surface area contributed by atoms with E-state index < -0.39 is 0 Å². The number of hydrogen-bond donors (Lipinski definition) is 3. The molecule has 6 nitrogen and oxygen atoms in total. The highest BCUT2D eigenvalue weighted by molar-refractivity contribution is 5.80. The minimum Gasteiger partial charge on any atom is -0.342 e. The number of benzene rings is 1. The Bertz CT molecular complexity index is 724. The Labute approximate surface area is 154 Å². The third kappa shape index (κ3) is 3.62. The van der Waals surface area contributed by atoms with Crippen molar-refractivity contribution in [3.05, 3.63) is 30.1 Å². The molecule has 6 heteroatoms. The maximum Gasteiger partial charge on any atom is 0.228 e. The Hall–Kier alpha value is -1.92. The van der Waals surface area contributed by atoms with Gasteiger partial charge in [-0.15, -0.1) is 0 Å². The zero-order valence-electron chi connectivity index (χ0n) is 15.5. The summed E-state index contributed by atoms with van der Waals surface area (Å²) < 4.78 is 0. The van der Waals surface area contributed by atoms with Gasteiger partial charge in [0.05, 0.1) is 17.0 Å². The highest BCUT2D eigenvalue weighted by atomic mass is 16.2. The number of para-hydroxylation sites is 2. The molecule has 2 fully saturated rings. The van der Waals surface area contributed by atoms with Crippen LogP contribution in [0.25, 0.3) is 11.0 Å². The van der Waals surface area contributed by atoms with Gasteiger partial charge in [-0.05, 0) is 37.3 Å². The number of H-pyrrole nitrogens is 1. The fourth-order valence-corrected chi connectivity index (χ4v) is 4.43. The molecule has 2 aliphatic rings. The monoisotopic (exact) mass is 355 g/mol. The lowest BCUT2D eigenvalue weighted by molar-refractivity contribution is -0.137. The van der Waals surface area contributed by atoms with Crippen LogP contribution in [0.4, 0.5) is 0 Å². The third-order valence-electron chi connectivity index (χ3n) is 5.76. The molecule has 140 valence electrons. The predicted octanol–water partition coefficient (Wildman–Crippen LogP) is 2.24. The van der Waals surface area contributed by atoms with Crippen molar-refractivity contribution >= 4 is 16.9 Å². The number of aromatic nitrogens is 2. The molecule has 2 aromatic rings. The molecule has 4 rings (SSSR count). The van der Waals surface area contributed by atoms with Crippen LogP contribution in [-0.2, 0) is 11.2 Å². The quantitative estimate of drug-likeness (QED) is 0.769. The number of rotatable bonds is 5. The average molecular weight is 355 g/mol. The van der Waals surface area contributed by atoms with Gasteiger partial charge in [0.2, 0.25) is 5.91 Å². The van der Waals surface area contributed by atoms with Crippen LogP contribution in [0.5, 0.6) is 0 Å². The first-order valence-electron chi connectivity index (χ1n) is 9.95. The van der Waals surface area contributed by atoms with Gasteiger partial charge in [0.15, 0.2) is 0 Å². The van der Waals surface area contributed by atoms with Crippen molar-refractivity contribution in [1.29, 1.82) is 0 Å². The number of piperidine rings is 1. The molecule has 3 N–H and O–H groups in total. The van der Waals surface area contributed by atoms with Gasteiger partial charge in [-0.1, -0.05) is 25.5 Å². The summed E-state index contributed by atoms with van der Waals surface area (Å²) in [5.74, 6) is 1.91. The van der Waals surface area contributed by atoms with Gasteiger partial charge in [-0.25, -0.2) is 4.98 Å². The van der Waals surface area contributed by atoms with E-state index in [0.29, 0.717) is 11.8 Å². The number of likely N-dealkylation sites (tertiary alicyclic amines) is 1. The molecule has 1 aromatic carbocycles. The standard InChI is InChI=1S/C20H29N5O/c1-2-6-16-15(12-21-24-16)20(26)25-10-5-7-14(13-25)11-19-22-17-8-3-4-9-18(17)23-19/h3-4,8-9,14-16,21,24H,2,5-7,10-13H2,1H3,(H,22,23). The Kier molecular flexibility index (Phi) is 5.22. The number of fused-ring (bicyclic) bond motifs is 1. The second-order valence-electron chi connectivity index (χ2n) is 7.72. The molecule has 1 amide bonds. The molecule has 0 saturated carbocycles. The number of carbonyl (C=O) groups excluding carboxylic acids is 1. The maximum atomic E-state index is 13.0. The van der Waals surface area contributed by atoms with Gasteiger partial charge in [0, 0.05) is 32.1 Å². The smallest absolute Gasteiger partial charge is 0.228 e. The number of imidazole rings is 1. The summed E-state index contributed by atoms with van der Waals surface area (Å²) in [5.41, 5.74) is 8.58. The van der Waals surface area contributed by atoms with Crippen LogP contribution in [0.1, 0.15) is 38.4 Å². The Morgan fingerprint density at radius 2 is 2.23 bits per heavy atom. The fraction of sp³-hybridized carbons (Fsp3) is 0.600. The van der Waals surface area contributed by atoms with Crippen LogP contribution in [-0.4, -0.2) is 46.5 Å². The lowest BCUT2D eigenvalue weighted by Gasteiger charge is -2.35. The van der Waals surface area contributed by atoms with E-state index in [-0.39, 0.29) is 12.0 Å². The van der Waals surface area contributed by atoms with E-state index >= 15 is 0 Å². The average Bonchev–Trinajstić information content (AvgIpc) is 3.28. The van der Waals surface area contributed by atoms with Crippen molar-refractivity contribution in [1.82, 2.24) is 25.7 Å². The number of hydrogen-bond acceptors (Lipinski definition) is 4. The third-order valence-corrected chi connectivity index (χ3v) is 5.76. The van der Waals surface area contributed by atoms with E-state index in [1.165, 1.54) is 6.42 Å². The minimum absolute atomic E-state index is 0.0694. The Morgan fingerprint density at radius 1 is 1.35 bits per heavy atom. The summed E-state index contributed by atoms with van der Waals surface area (Å²) in [6, 6.07) is 8.42. The van der Waals surface area contributed by atoms with Crippen LogP contribution in [0, 0.1) is 11.8 Å². The zero-order valence-corrected chi connectivity index (χ0v) is 15.5. The molecule has 1 aromatic heterocycles. The molecule has 0 bridgehead atoms. The first-order valence-corrected chi connectivity index (χ1v) is 9.95. The molecule has 2 aliphatic heterocycles. The predicted molar refractivity (Wildman–Crippen MR) is 102 cm³/mol. The molecule has 3 unspecified atom stereocenters. The van der Waals surface area contributed by atoms with E-state index in [9.17, 15) is 4.79 Å². The van der Waals surface area contributed by atoms with Crippen molar-refractivity contribution in [2.24, 2.45) is 11.8 Å². The van der Waals surface area contributed by atoms with Gasteiger partial charge in [-0.3, -0.25) is 15.6 Å². The molecule has 2 saturated heterocycles. The number of nitrogens with zero attached hydrogens (tertiary/aromatic N) is 2. The Morgan fingerprint density at radius 3 is 3.08 bits per heavy atom.